The molecule has 0 spiro atoms. The molecule has 0 amide bonds. The van der Waals surface area contributed by atoms with Crippen LogP contribution in [0.3, 0.4) is 0 Å². The molecule has 1 aromatic carbocycles. The zero-order chi connectivity index (χ0) is 12.5. The highest BCUT2D eigenvalue weighted by Crippen LogP contribution is 2.34. The maximum absolute atomic E-state index is 13.9. The van der Waals surface area contributed by atoms with Gasteiger partial charge in [0.15, 0.2) is 11.6 Å². The van der Waals surface area contributed by atoms with Crippen LogP contribution < -0.4 is 10.1 Å². The van der Waals surface area contributed by atoms with E-state index >= 15 is 0 Å². The van der Waals surface area contributed by atoms with Gasteiger partial charge in [0.05, 0.1) is 19.3 Å². The zero-order valence-electron chi connectivity index (χ0n) is 10.5. The Morgan fingerprint density at radius 3 is 3.00 bits per heavy atom. The minimum atomic E-state index is -0.267. The highest BCUT2D eigenvalue weighted by molar-refractivity contribution is 5.31. The molecule has 2 saturated heterocycles. The highest BCUT2D eigenvalue weighted by atomic mass is 19.1. The van der Waals surface area contributed by atoms with E-state index in [9.17, 15) is 4.39 Å². The monoisotopic (exact) mass is 251 g/mol. The predicted octanol–water partition coefficient (Wildman–Crippen LogP) is 2.24. The average molecular weight is 251 g/mol. The maximum atomic E-state index is 13.9. The van der Waals surface area contributed by atoms with Crippen LogP contribution in [0.25, 0.3) is 0 Å². The van der Waals surface area contributed by atoms with Crippen LogP contribution in [0.2, 0.25) is 0 Å². The number of hydrogen-bond donors (Lipinski definition) is 1. The van der Waals surface area contributed by atoms with Gasteiger partial charge in [-0.3, -0.25) is 0 Å². The minimum absolute atomic E-state index is 0.267. The molecule has 2 bridgehead atoms. The van der Waals surface area contributed by atoms with Gasteiger partial charge in [0, 0.05) is 18.2 Å². The molecule has 3 rings (SSSR count). The Labute approximate surface area is 106 Å². The fourth-order valence-corrected chi connectivity index (χ4v) is 2.94. The number of methoxy groups -OCH3 is 1. The van der Waals surface area contributed by atoms with Crippen LogP contribution in [0.5, 0.6) is 5.75 Å². The number of benzene rings is 1. The summed E-state index contributed by atoms with van der Waals surface area (Å²) >= 11 is 0. The van der Waals surface area contributed by atoms with Crippen molar-refractivity contribution < 1.29 is 13.9 Å². The first kappa shape index (κ1) is 11.9. The summed E-state index contributed by atoms with van der Waals surface area (Å²) < 4.78 is 24.7. The maximum Gasteiger partial charge on any atom is 0.169 e. The molecule has 2 aliphatic heterocycles. The van der Waals surface area contributed by atoms with Crippen molar-refractivity contribution in [1.82, 2.24) is 5.32 Å². The van der Waals surface area contributed by atoms with E-state index in [0.717, 1.165) is 12.8 Å². The first-order valence-corrected chi connectivity index (χ1v) is 6.48. The lowest BCUT2D eigenvalue weighted by Gasteiger charge is -2.20. The highest BCUT2D eigenvalue weighted by Gasteiger charge is 2.40. The molecule has 3 atom stereocenters. The molecule has 2 heterocycles. The quantitative estimate of drug-likeness (QED) is 0.890. The molecular weight excluding hydrogens is 233 g/mol. The third-order valence-electron chi connectivity index (χ3n) is 3.92. The van der Waals surface area contributed by atoms with E-state index in [-0.39, 0.29) is 5.82 Å². The van der Waals surface area contributed by atoms with Gasteiger partial charge < -0.3 is 14.8 Å². The zero-order valence-corrected chi connectivity index (χ0v) is 10.5. The average Bonchev–Trinajstić information content (AvgIpc) is 3.00. The summed E-state index contributed by atoms with van der Waals surface area (Å²) in [6.45, 7) is 0.528. The topological polar surface area (TPSA) is 30.5 Å². The normalized spacial score (nSPS) is 29.8. The van der Waals surface area contributed by atoms with E-state index in [4.69, 9.17) is 9.47 Å². The lowest BCUT2D eigenvalue weighted by molar-refractivity contribution is 0.0972. The fourth-order valence-electron chi connectivity index (χ4n) is 2.94. The minimum Gasteiger partial charge on any atom is -0.494 e. The smallest absolute Gasteiger partial charge is 0.169 e. The van der Waals surface area contributed by atoms with Gasteiger partial charge in [0.25, 0.3) is 0 Å². The number of ether oxygens (including phenoxy) is 2. The summed E-state index contributed by atoms with van der Waals surface area (Å²) in [4.78, 5) is 0. The van der Waals surface area contributed by atoms with Crippen molar-refractivity contribution in [3.8, 4) is 5.75 Å². The Hall–Kier alpha value is -1.13. The number of rotatable bonds is 4. The molecule has 2 fully saturated rings. The Morgan fingerprint density at radius 2 is 2.33 bits per heavy atom. The van der Waals surface area contributed by atoms with Crippen molar-refractivity contribution in [2.75, 3.05) is 7.11 Å². The van der Waals surface area contributed by atoms with Crippen molar-refractivity contribution in [3.63, 3.8) is 0 Å². The number of fused-ring (bicyclic) bond motifs is 2. The van der Waals surface area contributed by atoms with Gasteiger partial charge in [-0.1, -0.05) is 12.1 Å². The second kappa shape index (κ2) is 4.86. The molecule has 18 heavy (non-hydrogen) atoms. The van der Waals surface area contributed by atoms with Crippen LogP contribution in [0.4, 0.5) is 4.39 Å². The summed E-state index contributed by atoms with van der Waals surface area (Å²) in [5.41, 5.74) is 0.650. The van der Waals surface area contributed by atoms with E-state index < -0.39 is 0 Å². The summed E-state index contributed by atoms with van der Waals surface area (Å²) in [6, 6.07) is 5.61. The molecule has 1 N–H and O–H groups in total. The third kappa shape index (κ3) is 2.10. The Bertz CT molecular complexity index is 438. The molecule has 0 radical (unpaired) electrons. The van der Waals surface area contributed by atoms with Crippen molar-refractivity contribution in [2.24, 2.45) is 0 Å². The van der Waals surface area contributed by atoms with Crippen LogP contribution in [-0.4, -0.2) is 25.4 Å². The van der Waals surface area contributed by atoms with E-state index in [2.05, 4.69) is 5.32 Å². The third-order valence-corrected chi connectivity index (χ3v) is 3.92. The number of hydrogen-bond acceptors (Lipinski definition) is 3. The van der Waals surface area contributed by atoms with Crippen LogP contribution >= 0.6 is 0 Å². The van der Waals surface area contributed by atoms with Crippen LogP contribution in [0.1, 0.15) is 24.8 Å². The van der Waals surface area contributed by atoms with Crippen molar-refractivity contribution >= 4 is 0 Å². The van der Waals surface area contributed by atoms with Gasteiger partial charge in [0.2, 0.25) is 0 Å². The van der Waals surface area contributed by atoms with Crippen molar-refractivity contribution in [1.29, 1.82) is 0 Å². The standard InChI is InChI=1S/C14H18FNO2/c1-17-13-4-2-3-9(14(13)15)8-16-11-7-10-5-6-12(11)18-10/h2-4,10-12,16H,5-8H2,1H3. The summed E-state index contributed by atoms with van der Waals surface area (Å²) in [6.07, 6.45) is 4.10. The van der Waals surface area contributed by atoms with Gasteiger partial charge in [-0.05, 0) is 25.3 Å². The van der Waals surface area contributed by atoms with E-state index in [1.807, 2.05) is 6.07 Å². The second-order valence-electron chi connectivity index (χ2n) is 5.03. The number of nitrogens with one attached hydrogen (secondary N) is 1. The van der Waals surface area contributed by atoms with Crippen molar-refractivity contribution in [2.45, 2.75) is 44.1 Å². The van der Waals surface area contributed by atoms with Gasteiger partial charge in [0.1, 0.15) is 0 Å². The molecule has 0 aliphatic carbocycles. The first-order valence-electron chi connectivity index (χ1n) is 6.48. The van der Waals surface area contributed by atoms with Crippen LogP contribution in [0.15, 0.2) is 18.2 Å². The summed E-state index contributed by atoms with van der Waals surface area (Å²) in [5.74, 6) is 0.0371. The molecule has 4 heteroatoms. The van der Waals surface area contributed by atoms with Crippen LogP contribution in [-0.2, 0) is 11.3 Å². The van der Waals surface area contributed by atoms with Crippen LogP contribution in [0, 0.1) is 5.82 Å². The summed E-state index contributed by atoms with van der Waals surface area (Å²) in [7, 11) is 1.49. The van der Waals surface area contributed by atoms with Gasteiger partial charge in [-0.15, -0.1) is 0 Å². The molecular formula is C14H18FNO2. The molecule has 0 aromatic heterocycles. The van der Waals surface area contributed by atoms with E-state index in [0.29, 0.717) is 36.1 Å². The molecule has 98 valence electrons. The van der Waals surface area contributed by atoms with Gasteiger partial charge >= 0.3 is 0 Å². The lowest BCUT2D eigenvalue weighted by atomic mass is 9.95. The van der Waals surface area contributed by atoms with Gasteiger partial charge in [-0.25, -0.2) is 4.39 Å². The lowest BCUT2D eigenvalue weighted by Crippen LogP contribution is -2.37. The van der Waals surface area contributed by atoms with Gasteiger partial charge in [-0.2, -0.15) is 0 Å². The second-order valence-corrected chi connectivity index (χ2v) is 5.03. The van der Waals surface area contributed by atoms with E-state index in [1.54, 1.807) is 12.1 Å². The Kier molecular flexibility index (Phi) is 3.22. The van der Waals surface area contributed by atoms with Crippen molar-refractivity contribution in [3.05, 3.63) is 29.6 Å². The number of halogens is 1. The van der Waals surface area contributed by atoms with E-state index in [1.165, 1.54) is 13.5 Å². The fraction of sp³-hybridized carbons (Fsp3) is 0.571. The Morgan fingerprint density at radius 1 is 1.44 bits per heavy atom. The molecule has 1 aromatic rings. The summed E-state index contributed by atoms with van der Waals surface area (Å²) in [5, 5.41) is 3.40. The molecule has 3 unspecified atom stereocenters. The predicted molar refractivity (Wildman–Crippen MR) is 66.1 cm³/mol. The SMILES string of the molecule is COc1cccc(CNC2CC3CCC2O3)c1F. The Balaban J connectivity index is 1.63. The molecule has 3 nitrogen and oxygen atoms in total. The first-order chi connectivity index (χ1) is 8.78. The molecule has 2 aliphatic rings. The largest absolute Gasteiger partial charge is 0.494 e. The molecule has 0 saturated carbocycles.